The van der Waals surface area contributed by atoms with Crippen LogP contribution in [0.3, 0.4) is 0 Å². The monoisotopic (exact) mass is 454 g/mol. The van der Waals surface area contributed by atoms with Gasteiger partial charge >= 0.3 is 0 Å². The molecule has 0 unspecified atom stereocenters. The van der Waals surface area contributed by atoms with Crippen LogP contribution in [0.1, 0.15) is 43.4 Å². The fourth-order valence-electron chi connectivity index (χ4n) is 3.60. The van der Waals surface area contributed by atoms with Gasteiger partial charge in [-0.25, -0.2) is 0 Å². The third kappa shape index (κ3) is 6.04. The second-order valence-corrected chi connectivity index (χ2v) is 8.28. The van der Waals surface area contributed by atoms with Crippen LogP contribution in [0.5, 0.6) is 0 Å². The second kappa shape index (κ2) is 10.4. The highest BCUT2D eigenvalue weighted by Crippen LogP contribution is 2.23. The van der Waals surface area contributed by atoms with Gasteiger partial charge in [0.05, 0.1) is 6.04 Å². The van der Waals surface area contributed by atoms with E-state index < -0.39 is 0 Å². The Morgan fingerprint density at radius 3 is 2.38 bits per heavy atom. The number of amides is 2. The average Bonchev–Trinajstić information content (AvgIpc) is 2.77. The summed E-state index contributed by atoms with van der Waals surface area (Å²) in [5.74, 6) is 0.0577. The van der Waals surface area contributed by atoms with Crippen LogP contribution >= 0.6 is 15.9 Å². The van der Waals surface area contributed by atoms with E-state index in [4.69, 9.17) is 0 Å². The number of piperidine rings is 1. The first-order valence-electron chi connectivity index (χ1n) is 10.1. The molecule has 152 valence electrons. The molecule has 5 heteroatoms. The Hall–Kier alpha value is -2.40. The van der Waals surface area contributed by atoms with Crippen molar-refractivity contribution in [2.24, 2.45) is 5.92 Å². The lowest BCUT2D eigenvalue weighted by Gasteiger charge is -2.31. The molecule has 1 atom stereocenters. The number of benzene rings is 2. The summed E-state index contributed by atoms with van der Waals surface area (Å²) in [5, 5.41) is 3.19. The summed E-state index contributed by atoms with van der Waals surface area (Å²) in [5.41, 5.74) is 2.12. The molecule has 0 spiro atoms. The first-order chi connectivity index (χ1) is 14.1. The Labute approximate surface area is 181 Å². The Bertz CT molecular complexity index is 841. The van der Waals surface area contributed by atoms with Crippen LogP contribution in [-0.4, -0.2) is 29.8 Å². The van der Waals surface area contributed by atoms with Gasteiger partial charge in [-0.15, -0.1) is 0 Å². The molecule has 0 saturated carbocycles. The minimum absolute atomic E-state index is 0.00834. The average molecular weight is 455 g/mol. The lowest BCUT2D eigenvalue weighted by atomic mass is 9.94. The molecule has 2 aromatic carbocycles. The minimum Gasteiger partial charge on any atom is -0.349 e. The fourth-order valence-corrected chi connectivity index (χ4v) is 3.87. The van der Waals surface area contributed by atoms with Gasteiger partial charge in [0.25, 0.3) is 0 Å². The van der Waals surface area contributed by atoms with E-state index >= 15 is 0 Å². The summed E-state index contributed by atoms with van der Waals surface area (Å²) in [6.07, 6.45) is 5.71. The van der Waals surface area contributed by atoms with Crippen molar-refractivity contribution in [3.05, 3.63) is 76.3 Å². The van der Waals surface area contributed by atoms with Crippen molar-refractivity contribution in [1.82, 2.24) is 10.2 Å². The topological polar surface area (TPSA) is 49.4 Å². The van der Waals surface area contributed by atoms with E-state index in [9.17, 15) is 9.59 Å². The van der Waals surface area contributed by atoms with Gasteiger partial charge in [-0.3, -0.25) is 9.59 Å². The standard InChI is InChI=1S/C24H27BrN2O2/c1-2-22(19-9-11-21(25)12-10-19)26-24(29)20-14-16-27(17-15-20)23(28)13-8-18-6-4-3-5-7-18/h3-13,20,22H,2,14-17H2,1H3,(H,26,29)/b13-8+/t22-/m0/s1. The number of nitrogens with one attached hydrogen (secondary N) is 1. The molecule has 0 aromatic heterocycles. The molecule has 1 N–H and O–H groups in total. The molecule has 2 aromatic rings. The third-order valence-corrected chi connectivity index (χ3v) is 5.92. The van der Waals surface area contributed by atoms with E-state index in [-0.39, 0.29) is 23.8 Å². The molecule has 0 radical (unpaired) electrons. The van der Waals surface area contributed by atoms with Crippen molar-refractivity contribution in [2.75, 3.05) is 13.1 Å². The van der Waals surface area contributed by atoms with Crippen LogP contribution in [0.25, 0.3) is 6.08 Å². The number of hydrogen-bond donors (Lipinski definition) is 1. The highest BCUT2D eigenvalue weighted by atomic mass is 79.9. The molecule has 1 aliphatic rings. The maximum absolute atomic E-state index is 12.8. The maximum Gasteiger partial charge on any atom is 0.246 e. The van der Waals surface area contributed by atoms with Crippen molar-refractivity contribution in [3.63, 3.8) is 0 Å². The number of halogens is 1. The number of likely N-dealkylation sites (tertiary alicyclic amines) is 1. The number of carbonyl (C=O) groups excluding carboxylic acids is 2. The molecule has 3 rings (SSSR count). The summed E-state index contributed by atoms with van der Waals surface area (Å²) < 4.78 is 1.03. The summed E-state index contributed by atoms with van der Waals surface area (Å²) in [7, 11) is 0. The van der Waals surface area contributed by atoms with Gasteiger partial charge in [0.2, 0.25) is 11.8 Å². The van der Waals surface area contributed by atoms with Gasteiger partial charge in [-0.2, -0.15) is 0 Å². The van der Waals surface area contributed by atoms with Crippen molar-refractivity contribution in [3.8, 4) is 0 Å². The lowest BCUT2D eigenvalue weighted by Crippen LogP contribution is -2.43. The van der Waals surface area contributed by atoms with Gasteiger partial charge < -0.3 is 10.2 Å². The molecular weight excluding hydrogens is 428 g/mol. The van der Waals surface area contributed by atoms with Crippen LogP contribution in [0, 0.1) is 5.92 Å². The normalized spacial score (nSPS) is 16.0. The van der Waals surface area contributed by atoms with Crippen molar-refractivity contribution in [2.45, 2.75) is 32.2 Å². The van der Waals surface area contributed by atoms with E-state index in [2.05, 4.69) is 28.2 Å². The molecule has 1 aliphatic heterocycles. The predicted molar refractivity (Wildman–Crippen MR) is 120 cm³/mol. The van der Waals surface area contributed by atoms with Crippen LogP contribution in [0.15, 0.2) is 65.1 Å². The minimum atomic E-state index is -0.0401. The maximum atomic E-state index is 12.8. The molecule has 1 saturated heterocycles. The van der Waals surface area contributed by atoms with Gasteiger partial charge in [0.15, 0.2) is 0 Å². The Morgan fingerprint density at radius 1 is 1.10 bits per heavy atom. The van der Waals surface area contributed by atoms with Crippen LogP contribution in [0.4, 0.5) is 0 Å². The first kappa shape index (κ1) is 21.3. The first-order valence-corrected chi connectivity index (χ1v) is 10.9. The summed E-state index contributed by atoms with van der Waals surface area (Å²) in [6, 6.07) is 17.9. The Morgan fingerprint density at radius 2 is 1.76 bits per heavy atom. The van der Waals surface area contributed by atoms with E-state index in [1.54, 1.807) is 6.08 Å². The molecule has 0 aliphatic carbocycles. The highest BCUT2D eigenvalue weighted by Gasteiger charge is 2.27. The summed E-state index contributed by atoms with van der Waals surface area (Å²) in [6.45, 7) is 3.31. The molecular formula is C24H27BrN2O2. The molecule has 0 bridgehead atoms. The number of rotatable bonds is 6. The molecule has 4 nitrogen and oxygen atoms in total. The van der Waals surface area contributed by atoms with Crippen LogP contribution in [0.2, 0.25) is 0 Å². The molecule has 2 amide bonds. The Kier molecular flexibility index (Phi) is 7.64. The van der Waals surface area contributed by atoms with Crippen molar-refractivity contribution >= 4 is 33.8 Å². The van der Waals surface area contributed by atoms with Gasteiger partial charge in [-0.05, 0) is 48.6 Å². The second-order valence-electron chi connectivity index (χ2n) is 7.36. The quantitative estimate of drug-likeness (QED) is 0.626. The van der Waals surface area contributed by atoms with E-state index in [0.29, 0.717) is 25.9 Å². The third-order valence-electron chi connectivity index (χ3n) is 5.39. The van der Waals surface area contributed by atoms with Crippen molar-refractivity contribution in [1.29, 1.82) is 0 Å². The summed E-state index contributed by atoms with van der Waals surface area (Å²) in [4.78, 5) is 27.0. The van der Waals surface area contributed by atoms with E-state index in [1.165, 1.54) is 0 Å². The molecule has 1 fully saturated rings. The smallest absolute Gasteiger partial charge is 0.246 e. The van der Waals surface area contributed by atoms with E-state index in [1.807, 2.05) is 65.6 Å². The highest BCUT2D eigenvalue weighted by molar-refractivity contribution is 9.10. The largest absolute Gasteiger partial charge is 0.349 e. The van der Waals surface area contributed by atoms with Crippen LogP contribution < -0.4 is 5.32 Å². The van der Waals surface area contributed by atoms with Gasteiger partial charge in [0, 0.05) is 29.6 Å². The SMILES string of the molecule is CC[C@H](NC(=O)C1CCN(C(=O)/C=C/c2ccccc2)CC1)c1ccc(Br)cc1. The van der Waals surface area contributed by atoms with Gasteiger partial charge in [-0.1, -0.05) is 65.3 Å². The lowest BCUT2D eigenvalue weighted by molar-refractivity contribution is -0.132. The number of hydrogen-bond acceptors (Lipinski definition) is 2. The zero-order valence-corrected chi connectivity index (χ0v) is 18.3. The van der Waals surface area contributed by atoms with Crippen LogP contribution in [-0.2, 0) is 9.59 Å². The van der Waals surface area contributed by atoms with Crippen molar-refractivity contribution < 1.29 is 9.59 Å². The zero-order valence-electron chi connectivity index (χ0n) is 16.7. The molecule has 1 heterocycles. The van der Waals surface area contributed by atoms with Gasteiger partial charge in [0.1, 0.15) is 0 Å². The Balaban J connectivity index is 1.50. The van der Waals surface area contributed by atoms with E-state index in [0.717, 1.165) is 22.0 Å². The number of nitrogens with zero attached hydrogens (tertiary/aromatic N) is 1. The fraction of sp³-hybridized carbons (Fsp3) is 0.333. The predicted octanol–water partition coefficient (Wildman–Crippen LogP) is 4.97. The summed E-state index contributed by atoms with van der Waals surface area (Å²) >= 11 is 3.45. The molecule has 29 heavy (non-hydrogen) atoms. The number of carbonyl (C=O) groups is 2. The zero-order chi connectivity index (χ0) is 20.6.